The van der Waals surface area contributed by atoms with E-state index in [2.05, 4.69) is 4.90 Å². The molecule has 0 amide bonds. The minimum atomic E-state index is -1.12. The van der Waals surface area contributed by atoms with Crippen LogP contribution < -0.4 is 0 Å². The molecule has 0 saturated carbocycles. The topological polar surface area (TPSA) is 70.0 Å². The van der Waals surface area contributed by atoms with E-state index >= 15 is 0 Å². The molecule has 0 aromatic heterocycles. The van der Waals surface area contributed by atoms with Crippen LogP contribution in [-0.4, -0.2) is 53.5 Å². The van der Waals surface area contributed by atoms with Gasteiger partial charge in [-0.25, -0.2) is 9.18 Å². The third-order valence-corrected chi connectivity index (χ3v) is 3.41. The van der Waals surface area contributed by atoms with Gasteiger partial charge in [0, 0.05) is 24.7 Å². The van der Waals surface area contributed by atoms with Crippen LogP contribution in [0.25, 0.3) is 6.08 Å². The molecule has 1 fully saturated rings. The monoisotopic (exact) mass is 295 g/mol. The fourth-order valence-electron chi connectivity index (χ4n) is 2.28. The van der Waals surface area contributed by atoms with Crippen molar-refractivity contribution in [3.05, 3.63) is 41.2 Å². The number of ether oxygens (including phenoxy) is 1. The molecule has 5 nitrogen and oxygen atoms in total. The van der Waals surface area contributed by atoms with Crippen LogP contribution in [0.4, 0.5) is 4.39 Å². The molecule has 1 saturated heterocycles. The Morgan fingerprint density at radius 1 is 1.52 bits per heavy atom. The van der Waals surface area contributed by atoms with E-state index in [0.717, 1.165) is 11.6 Å². The summed E-state index contributed by atoms with van der Waals surface area (Å²) in [5.41, 5.74) is 1.10. The smallest absolute Gasteiger partial charge is 0.328 e. The van der Waals surface area contributed by atoms with E-state index in [1.54, 1.807) is 12.1 Å². The van der Waals surface area contributed by atoms with E-state index in [-0.39, 0.29) is 18.2 Å². The average Bonchev–Trinajstić information content (AvgIpc) is 2.48. The molecule has 1 aromatic carbocycles. The molecular weight excluding hydrogens is 277 g/mol. The van der Waals surface area contributed by atoms with Crippen LogP contribution in [0.15, 0.2) is 24.3 Å². The lowest BCUT2D eigenvalue weighted by Gasteiger charge is -2.34. The maximum Gasteiger partial charge on any atom is 0.328 e. The zero-order chi connectivity index (χ0) is 15.2. The summed E-state index contributed by atoms with van der Waals surface area (Å²) in [6.45, 7) is 2.34. The lowest BCUT2D eigenvalue weighted by molar-refractivity contribution is -0.131. The first-order valence-electron chi connectivity index (χ1n) is 6.72. The number of carbonyl (C=O) groups is 1. The summed E-state index contributed by atoms with van der Waals surface area (Å²) in [4.78, 5) is 12.6. The van der Waals surface area contributed by atoms with Gasteiger partial charge >= 0.3 is 5.97 Å². The molecule has 2 rings (SSSR count). The highest BCUT2D eigenvalue weighted by atomic mass is 19.1. The number of benzene rings is 1. The molecular formula is C15H18FNO4. The molecule has 21 heavy (non-hydrogen) atoms. The zero-order valence-corrected chi connectivity index (χ0v) is 11.5. The Morgan fingerprint density at radius 2 is 2.33 bits per heavy atom. The molecule has 0 bridgehead atoms. The summed E-state index contributed by atoms with van der Waals surface area (Å²) in [5, 5.41) is 17.9. The highest BCUT2D eigenvalue weighted by molar-refractivity contribution is 5.85. The first-order valence-corrected chi connectivity index (χ1v) is 6.72. The summed E-state index contributed by atoms with van der Waals surface area (Å²) in [5.74, 6) is -1.58. The molecule has 0 aliphatic carbocycles. The first kappa shape index (κ1) is 15.6. The highest BCUT2D eigenvalue weighted by Crippen LogP contribution is 2.16. The van der Waals surface area contributed by atoms with Crippen LogP contribution in [0.5, 0.6) is 0 Å². The molecule has 1 aromatic rings. The normalized spacial score (nSPS) is 20.0. The van der Waals surface area contributed by atoms with Crippen LogP contribution >= 0.6 is 0 Å². The Balaban J connectivity index is 2.12. The van der Waals surface area contributed by atoms with Crippen LogP contribution in [0.1, 0.15) is 11.1 Å². The molecule has 114 valence electrons. The zero-order valence-electron chi connectivity index (χ0n) is 11.5. The maximum absolute atomic E-state index is 13.6. The Morgan fingerprint density at radius 3 is 3.05 bits per heavy atom. The first-order chi connectivity index (χ1) is 10.1. The highest BCUT2D eigenvalue weighted by Gasteiger charge is 2.22. The fourth-order valence-corrected chi connectivity index (χ4v) is 2.28. The average molecular weight is 295 g/mol. The second kappa shape index (κ2) is 7.31. The molecule has 1 heterocycles. The molecule has 0 spiro atoms. The minimum Gasteiger partial charge on any atom is -0.478 e. The fraction of sp³-hybridized carbons (Fsp3) is 0.400. The van der Waals surface area contributed by atoms with Crippen molar-refractivity contribution in [1.29, 1.82) is 0 Å². The largest absolute Gasteiger partial charge is 0.478 e. The summed E-state index contributed by atoms with van der Waals surface area (Å²) < 4.78 is 18.9. The second-order valence-corrected chi connectivity index (χ2v) is 4.91. The van der Waals surface area contributed by atoms with Crippen molar-refractivity contribution in [3.63, 3.8) is 0 Å². The lowest BCUT2D eigenvalue weighted by atomic mass is 10.1. The maximum atomic E-state index is 13.6. The number of hydrogen-bond acceptors (Lipinski definition) is 4. The Labute approximate surface area is 122 Å². The van der Waals surface area contributed by atoms with Gasteiger partial charge in [-0.05, 0) is 23.8 Å². The summed E-state index contributed by atoms with van der Waals surface area (Å²) in [6, 6.07) is 4.54. The van der Waals surface area contributed by atoms with Gasteiger partial charge in [-0.1, -0.05) is 6.07 Å². The molecule has 1 unspecified atom stereocenters. The molecule has 0 radical (unpaired) electrons. The molecule has 1 aliphatic rings. The van der Waals surface area contributed by atoms with E-state index in [0.29, 0.717) is 26.3 Å². The van der Waals surface area contributed by atoms with Crippen LogP contribution in [0.2, 0.25) is 0 Å². The summed E-state index contributed by atoms with van der Waals surface area (Å²) in [6.07, 6.45) is 2.15. The van der Waals surface area contributed by atoms with Gasteiger partial charge in [0.1, 0.15) is 5.82 Å². The molecule has 1 aliphatic heterocycles. The SMILES string of the molecule is O=C(O)/C=C/c1cc(CN2CCOCC2CO)ccc1F. The van der Waals surface area contributed by atoms with Gasteiger partial charge < -0.3 is 14.9 Å². The van der Waals surface area contributed by atoms with Gasteiger partial charge in [0.05, 0.1) is 25.9 Å². The minimum absolute atomic E-state index is 0.00691. The Hall–Kier alpha value is -1.76. The Kier molecular flexibility index (Phi) is 5.44. The summed E-state index contributed by atoms with van der Waals surface area (Å²) >= 11 is 0. The third-order valence-electron chi connectivity index (χ3n) is 3.41. The predicted octanol–water partition coefficient (Wildman–Crippen LogP) is 1.12. The number of rotatable bonds is 5. The van der Waals surface area contributed by atoms with E-state index in [9.17, 15) is 14.3 Å². The molecule has 1 atom stereocenters. The van der Waals surface area contributed by atoms with Gasteiger partial charge in [0.25, 0.3) is 0 Å². The van der Waals surface area contributed by atoms with Crippen molar-refractivity contribution in [2.75, 3.05) is 26.4 Å². The lowest BCUT2D eigenvalue weighted by Crippen LogP contribution is -2.46. The van der Waals surface area contributed by atoms with E-state index in [4.69, 9.17) is 9.84 Å². The number of hydrogen-bond donors (Lipinski definition) is 2. The van der Waals surface area contributed by atoms with Crippen molar-refractivity contribution < 1.29 is 24.1 Å². The van der Waals surface area contributed by atoms with E-state index in [1.165, 1.54) is 12.1 Å². The van der Waals surface area contributed by atoms with Crippen molar-refractivity contribution in [2.24, 2.45) is 0 Å². The van der Waals surface area contributed by atoms with Crippen molar-refractivity contribution in [1.82, 2.24) is 4.90 Å². The van der Waals surface area contributed by atoms with E-state index in [1.807, 2.05) is 0 Å². The van der Waals surface area contributed by atoms with Gasteiger partial charge in [-0.2, -0.15) is 0 Å². The van der Waals surface area contributed by atoms with Crippen LogP contribution in [0.3, 0.4) is 0 Å². The standard InChI is InChI=1S/C15H18FNO4/c16-14-3-1-11(7-12(14)2-4-15(19)20)8-17-5-6-21-10-13(17)9-18/h1-4,7,13,18H,5-6,8-10H2,(H,19,20)/b4-2+. The molecule has 2 N–H and O–H groups in total. The van der Waals surface area contributed by atoms with Gasteiger partial charge in [-0.3, -0.25) is 4.90 Å². The van der Waals surface area contributed by atoms with E-state index < -0.39 is 11.8 Å². The Bertz CT molecular complexity index is 532. The van der Waals surface area contributed by atoms with Crippen LogP contribution in [0, 0.1) is 5.82 Å². The number of halogens is 1. The van der Waals surface area contributed by atoms with Crippen molar-refractivity contribution >= 4 is 12.0 Å². The summed E-state index contributed by atoms with van der Waals surface area (Å²) in [7, 11) is 0. The van der Waals surface area contributed by atoms with Gasteiger partial charge in [0.2, 0.25) is 0 Å². The number of morpholine rings is 1. The third kappa shape index (κ3) is 4.35. The number of aliphatic carboxylic acids is 1. The number of nitrogens with zero attached hydrogens (tertiary/aromatic N) is 1. The van der Waals surface area contributed by atoms with Gasteiger partial charge in [-0.15, -0.1) is 0 Å². The van der Waals surface area contributed by atoms with Crippen LogP contribution in [-0.2, 0) is 16.1 Å². The van der Waals surface area contributed by atoms with Gasteiger partial charge in [0.15, 0.2) is 0 Å². The quantitative estimate of drug-likeness (QED) is 0.797. The molecule has 6 heteroatoms. The number of carboxylic acids is 1. The number of carboxylic acid groups (broad SMARTS) is 1. The van der Waals surface area contributed by atoms with Crippen molar-refractivity contribution in [2.45, 2.75) is 12.6 Å². The number of aliphatic hydroxyl groups is 1. The van der Waals surface area contributed by atoms with Crippen molar-refractivity contribution in [3.8, 4) is 0 Å². The predicted molar refractivity (Wildman–Crippen MR) is 75.2 cm³/mol. The second-order valence-electron chi connectivity index (χ2n) is 4.91. The number of aliphatic hydroxyl groups excluding tert-OH is 1.